The van der Waals surface area contributed by atoms with Crippen molar-refractivity contribution in [2.24, 2.45) is 0 Å². The van der Waals surface area contributed by atoms with Gasteiger partial charge in [-0.2, -0.15) is 0 Å². The standard InChI is InChI=1S/C15H12BrN3OS/c1-8-6-9(2)12-11(7-8)21-15(18-12)19-14(20)10-4-3-5-17-13(10)16/h3-7H,1-2H3,(H,18,19,20). The van der Waals surface area contributed by atoms with Crippen LogP contribution in [0.5, 0.6) is 0 Å². The van der Waals surface area contributed by atoms with Gasteiger partial charge < -0.3 is 0 Å². The van der Waals surface area contributed by atoms with Crippen molar-refractivity contribution < 1.29 is 4.79 Å². The molecule has 0 aliphatic rings. The molecule has 2 aromatic heterocycles. The number of carbonyl (C=O) groups excluding carboxylic acids is 1. The van der Waals surface area contributed by atoms with Gasteiger partial charge in [-0.3, -0.25) is 10.1 Å². The number of aryl methyl sites for hydroxylation is 2. The minimum absolute atomic E-state index is 0.219. The molecule has 21 heavy (non-hydrogen) atoms. The zero-order valence-corrected chi connectivity index (χ0v) is 13.9. The number of fused-ring (bicyclic) bond motifs is 1. The molecule has 3 aromatic rings. The van der Waals surface area contributed by atoms with Crippen molar-refractivity contribution in [2.75, 3.05) is 5.32 Å². The lowest BCUT2D eigenvalue weighted by atomic mass is 10.1. The molecule has 0 radical (unpaired) electrons. The maximum absolute atomic E-state index is 12.2. The van der Waals surface area contributed by atoms with Crippen LogP contribution in [0.2, 0.25) is 0 Å². The van der Waals surface area contributed by atoms with E-state index in [1.165, 1.54) is 16.9 Å². The third kappa shape index (κ3) is 2.82. The summed E-state index contributed by atoms with van der Waals surface area (Å²) in [6, 6.07) is 7.61. The third-order valence-electron chi connectivity index (χ3n) is 3.05. The minimum Gasteiger partial charge on any atom is -0.298 e. The van der Waals surface area contributed by atoms with Crippen molar-refractivity contribution in [2.45, 2.75) is 13.8 Å². The van der Waals surface area contributed by atoms with E-state index in [0.29, 0.717) is 15.3 Å². The number of aromatic nitrogens is 2. The van der Waals surface area contributed by atoms with E-state index in [2.05, 4.69) is 50.3 Å². The van der Waals surface area contributed by atoms with Crippen LogP contribution in [-0.2, 0) is 0 Å². The number of halogens is 1. The zero-order chi connectivity index (χ0) is 15.0. The van der Waals surface area contributed by atoms with Gasteiger partial charge in [-0.25, -0.2) is 9.97 Å². The molecule has 6 heteroatoms. The van der Waals surface area contributed by atoms with Gasteiger partial charge in [0.15, 0.2) is 5.13 Å². The first-order valence-corrected chi connectivity index (χ1v) is 7.95. The summed E-state index contributed by atoms with van der Waals surface area (Å²) >= 11 is 4.75. The summed E-state index contributed by atoms with van der Waals surface area (Å²) in [6.45, 7) is 4.08. The number of carbonyl (C=O) groups is 1. The van der Waals surface area contributed by atoms with E-state index in [9.17, 15) is 4.79 Å². The monoisotopic (exact) mass is 361 g/mol. The molecule has 1 amide bonds. The van der Waals surface area contributed by atoms with Crippen LogP contribution in [0.3, 0.4) is 0 Å². The molecule has 1 aromatic carbocycles. The van der Waals surface area contributed by atoms with Crippen LogP contribution in [0.25, 0.3) is 10.2 Å². The number of benzene rings is 1. The van der Waals surface area contributed by atoms with Gasteiger partial charge in [-0.05, 0) is 59.1 Å². The van der Waals surface area contributed by atoms with Gasteiger partial charge in [-0.15, -0.1) is 0 Å². The Balaban J connectivity index is 1.94. The summed E-state index contributed by atoms with van der Waals surface area (Å²) in [7, 11) is 0. The Kier molecular flexibility index (Phi) is 3.73. The molecule has 0 aliphatic carbocycles. The summed E-state index contributed by atoms with van der Waals surface area (Å²) in [5, 5.41) is 3.43. The van der Waals surface area contributed by atoms with Crippen molar-refractivity contribution >= 4 is 48.5 Å². The van der Waals surface area contributed by atoms with Crippen molar-refractivity contribution in [1.82, 2.24) is 9.97 Å². The smallest absolute Gasteiger partial charge is 0.260 e. The molecule has 4 nitrogen and oxygen atoms in total. The molecule has 0 atom stereocenters. The van der Waals surface area contributed by atoms with Crippen LogP contribution in [-0.4, -0.2) is 15.9 Å². The Labute approximate surface area is 134 Å². The van der Waals surface area contributed by atoms with Crippen LogP contribution >= 0.6 is 27.3 Å². The highest BCUT2D eigenvalue weighted by Crippen LogP contribution is 2.29. The SMILES string of the molecule is Cc1cc(C)c2nc(NC(=O)c3cccnc3Br)sc2c1. The molecule has 0 aliphatic heterocycles. The maximum atomic E-state index is 12.2. The first-order valence-electron chi connectivity index (χ1n) is 6.34. The van der Waals surface area contributed by atoms with Gasteiger partial charge in [0.05, 0.1) is 15.8 Å². The Morgan fingerprint density at radius 2 is 2.14 bits per heavy atom. The number of hydrogen-bond donors (Lipinski definition) is 1. The summed E-state index contributed by atoms with van der Waals surface area (Å²) in [5.41, 5.74) is 3.73. The first-order chi connectivity index (χ1) is 10.0. The molecule has 0 fully saturated rings. The maximum Gasteiger partial charge on any atom is 0.260 e. The highest BCUT2D eigenvalue weighted by Gasteiger charge is 2.14. The molecule has 0 spiro atoms. The van der Waals surface area contributed by atoms with Crippen LogP contribution in [0, 0.1) is 13.8 Å². The second-order valence-electron chi connectivity index (χ2n) is 4.74. The molecule has 2 heterocycles. The van der Waals surface area contributed by atoms with Crippen molar-refractivity contribution in [3.8, 4) is 0 Å². The second-order valence-corrected chi connectivity index (χ2v) is 6.53. The predicted octanol–water partition coefficient (Wildman–Crippen LogP) is 4.32. The number of hydrogen-bond acceptors (Lipinski definition) is 4. The largest absolute Gasteiger partial charge is 0.298 e. The van der Waals surface area contributed by atoms with Crippen molar-refractivity contribution in [1.29, 1.82) is 0 Å². The lowest BCUT2D eigenvalue weighted by Crippen LogP contribution is -2.12. The van der Waals surface area contributed by atoms with Crippen LogP contribution in [0.15, 0.2) is 35.1 Å². The fourth-order valence-corrected chi connectivity index (χ4v) is 3.61. The molecular formula is C15H12BrN3OS. The number of anilines is 1. The Hall–Kier alpha value is -1.79. The number of nitrogens with one attached hydrogen (secondary N) is 1. The molecule has 1 N–H and O–H groups in total. The quantitative estimate of drug-likeness (QED) is 0.691. The van der Waals surface area contributed by atoms with E-state index in [-0.39, 0.29) is 5.91 Å². The highest BCUT2D eigenvalue weighted by atomic mass is 79.9. The van der Waals surface area contributed by atoms with Gasteiger partial charge in [-0.1, -0.05) is 17.4 Å². The Morgan fingerprint density at radius 1 is 1.33 bits per heavy atom. The fourth-order valence-electron chi connectivity index (χ4n) is 2.14. The molecule has 0 saturated carbocycles. The highest BCUT2D eigenvalue weighted by molar-refractivity contribution is 9.10. The van der Waals surface area contributed by atoms with Gasteiger partial charge in [0.2, 0.25) is 0 Å². The van der Waals surface area contributed by atoms with Gasteiger partial charge in [0.25, 0.3) is 5.91 Å². The average Bonchev–Trinajstić information content (AvgIpc) is 2.81. The van der Waals surface area contributed by atoms with Crippen LogP contribution < -0.4 is 5.32 Å². The van der Waals surface area contributed by atoms with E-state index >= 15 is 0 Å². The van der Waals surface area contributed by atoms with Crippen LogP contribution in [0.4, 0.5) is 5.13 Å². The zero-order valence-electron chi connectivity index (χ0n) is 11.5. The topological polar surface area (TPSA) is 54.9 Å². The fraction of sp³-hybridized carbons (Fsp3) is 0.133. The summed E-state index contributed by atoms with van der Waals surface area (Å²) < 4.78 is 1.60. The molecule has 106 valence electrons. The number of rotatable bonds is 2. The van der Waals surface area contributed by atoms with Crippen LogP contribution in [0.1, 0.15) is 21.5 Å². The number of pyridine rings is 1. The average molecular weight is 362 g/mol. The summed E-state index contributed by atoms with van der Waals surface area (Å²) in [5.74, 6) is -0.219. The van der Waals surface area contributed by atoms with E-state index in [1.807, 2.05) is 6.92 Å². The third-order valence-corrected chi connectivity index (χ3v) is 4.60. The van der Waals surface area contributed by atoms with Crippen molar-refractivity contribution in [3.05, 3.63) is 51.8 Å². The number of amides is 1. The van der Waals surface area contributed by atoms with Gasteiger partial charge >= 0.3 is 0 Å². The number of thiazole rings is 1. The Bertz CT molecular complexity index is 844. The van der Waals surface area contributed by atoms with Gasteiger partial charge in [0, 0.05) is 6.20 Å². The van der Waals surface area contributed by atoms with Gasteiger partial charge in [0.1, 0.15) is 4.60 Å². The van der Waals surface area contributed by atoms with E-state index in [1.54, 1.807) is 18.3 Å². The van der Waals surface area contributed by atoms with E-state index in [0.717, 1.165) is 15.8 Å². The normalized spacial score (nSPS) is 10.8. The summed E-state index contributed by atoms with van der Waals surface area (Å²) in [6.07, 6.45) is 1.63. The molecule has 0 unspecified atom stereocenters. The lowest BCUT2D eigenvalue weighted by molar-refractivity contribution is 0.102. The van der Waals surface area contributed by atoms with Crippen molar-refractivity contribution in [3.63, 3.8) is 0 Å². The summed E-state index contributed by atoms with van der Waals surface area (Å²) in [4.78, 5) is 20.8. The molecule has 0 saturated heterocycles. The molecule has 0 bridgehead atoms. The minimum atomic E-state index is -0.219. The first kappa shape index (κ1) is 14.2. The predicted molar refractivity (Wildman–Crippen MR) is 89.0 cm³/mol. The van der Waals surface area contributed by atoms with E-state index in [4.69, 9.17) is 0 Å². The number of nitrogens with zero attached hydrogens (tertiary/aromatic N) is 2. The second kappa shape index (κ2) is 5.54. The molecule has 3 rings (SSSR count). The Morgan fingerprint density at radius 3 is 2.90 bits per heavy atom. The molecular weight excluding hydrogens is 350 g/mol. The van der Waals surface area contributed by atoms with E-state index < -0.39 is 0 Å². The lowest BCUT2D eigenvalue weighted by Gasteiger charge is -2.02.